The predicted octanol–water partition coefficient (Wildman–Crippen LogP) is 2.79. The number of rotatable bonds is 8. The van der Waals surface area contributed by atoms with Crippen LogP contribution in [0.15, 0.2) is 23.2 Å². The Hall–Kier alpha value is -2.01. The van der Waals surface area contributed by atoms with E-state index in [1.165, 1.54) is 6.21 Å². The normalized spacial score (nSPS) is 12.4. The first-order valence-corrected chi connectivity index (χ1v) is 7.38. The highest BCUT2D eigenvalue weighted by Gasteiger charge is 2.26. The molecule has 5 heteroatoms. The number of carbonyl (C=O) groups is 2. The summed E-state index contributed by atoms with van der Waals surface area (Å²) in [4.78, 5) is 28.2. The van der Waals surface area contributed by atoms with E-state index in [-0.39, 0.29) is 19.0 Å². The Morgan fingerprint density at radius 2 is 1.91 bits per heavy atom. The van der Waals surface area contributed by atoms with Gasteiger partial charge in [0.15, 0.2) is 11.7 Å². The Morgan fingerprint density at radius 1 is 1.18 bits per heavy atom. The Labute approximate surface area is 131 Å². The lowest BCUT2D eigenvalue weighted by atomic mass is 10.1. The fourth-order valence-electron chi connectivity index (χ4n) is 1.77. The number of ketones is 1. The van der Waals surface area contributed by atoms with Crippen LogP contribution in [0.5, 0.6) is 0 Å². The number of esters is 1. The first kappa shape index (κ1) is 18.0. The minimum Gasteiger partial charge on any atom is -0.465 e. The number of hydrogen-bond donors (Lipinski definition) is 0. The average molecular weight is 305 g/mol. The van der Waals surface area contributed by atoms with Gasteiger partial charge in [0.2, 0.25) is 0 Å². The lowest BCUT2D eigenvalue weighted by Gasteiger charge is -2.10. The van der Waals surface area contributed by atoms with Crippen molar-refractivity contribution >= 4 is 23.7 Å². The van der Waals surface area contributed by atoms with Crippen molar-refractivity contribution in [2.24, 2.45) is 10.9 Å². The third-order valence-electron chi connectivity index (χ3n) is 3.20. The van der Waals surface area contributed by atoms with E-state index in [2.05, 4.69) is 4.99 Å². The molecule has 0 aliphatic carbocycles. The zero-order chi connectivity index (χ0) is 16.5. The van der Waals surface area contributed by atoms with Crippen molar-refractivity contribution in [1.29, 1.82) is 0 Å². The highest BCUT2D eigenvalue weighted by atomic mass is 16.5. The Kier molecular flexibility index (Phi) is 7.46. The van der Waals surface area contributed by atoms with Crippen molar-refractivity contribution in [3.63, 3.8) is 0 Å². The minimum atomic E-state index is -1.03. The third kappa shape index (κ3) is 5.41. The van der Waals surface area contributed by atoms with Crippen molar-refractivity contribution in [1.82, 2.24) is 0 Å². The molecule has 0 saturated carbocycles. The van der Waals surface area contributed by atoms with Crippen molar-refractivity contribution in [2.75, 3.05) is 19.8 Å². The molecular formula is C17H23NO4. The molecule has 0 aliphatic rings. The van der Waals surface area contributed by atoms with Crippen LogP contribution in [0.25, 0.3) is 0 Å². The Bertz CT molecular complexity index is 552. The van der Waals surface area contributed by atoms with E-state index in [1.807, 2.05) is 32.0 Å². The van der Waals surface area contributed by atoms with Gasteiger partial charge in [0.05, 0.1) is 12.3 Å². The number of nitrogens with zero attached hydrogens (tertiary/aromatic N) is 1. The zero-order valence-electron chi connectivity index (χ0n) is 13.6. The molecule has 22 heavy (non-hydrogen) atoms. The number of carbonyl (C=O) groups excluding carboxylic acids is 2. The summed E-state index contributed by atoms with van der Waals surface area (Å²) in [6.07, 6.45) is 1.34. The third-order valence-corrected chi connectivity index (χ3v) is 3.20. The lowest BCUT2D eigenvalue weighted by Crippen LogP contribution is -2.30. The van der Waals surface area contributed by atoms with Crippen LogP contribution in [0.1, 0.15) is 25.0 Å². The topological polar surface area (TPSA) is 65.0 Å². The van der Waals surface area contributed by atoms with Gasteiger partial charge < -0.3 is 9.47 Å². The van der Waals surface area contributed by atoms with Crippen LogP contribution in [-0.2, 0) is 19.1 Å². The molecule has 1 unspecified atom stereocenters. The van der Waals surface area contributed by atoms with Gasteiger partial charge in [-0.3, -0.25) is 14.6 Å². The first-order chi connectivity index (χ1) is 10.5. The van der Waals surface area contributed by atoms with E-state index < -0.39 is 11.9 Å². The molecule has 0 fully saturated rings. The van der Waals surface area contributed by atoms with E-state index >= 15 is 0 Å². The summed E-state index contributed by atoms with van der Waals surface area (Å²) in [6, 6.07) is 5.69. The molecule has 120 valence electrons. The molecule has 0 aromatic heterocycles. The van der Waals surface area contributed by atoms with Crippen LogP contribution in [0.3, 0.4) is 0 Å². The average Bonchev–Trinajstić information content (AvgIpc) is 2.49. The smallest absolute Gasteiger partial charge is 0.322 e. The van der Waals surface area contributed by atoms with Gasteiger partial charge in [-0.25, -0.2) is 0 Å². The largest absolute Gasteiger partial charge is 0.465 e. The standard InChI is InChI=1S/C17H23NO4/c1-5-21-11-16(19)15(17(20)22-6-2)10-18-14-8-7-12(3)13(4)9-14/h7-10,15H,5-6,11H2,1-4H3. The number of ether oxygens (including phenoxy) is 2. The molecule has 0 heterocycles. The highest BCUT2D eigenvalue weighted by molar-refractivity contribution is 6.12. The maximum Gasteiger partial charge on any atom is 0.322 e. The Morgan fingerprint density at radius 3 is 2.50 bits per heavy atom. The van der Waals surface area contributed by atoms with E-state index in [4.69, 9.17) is 9.47 Å². The first-order valence-electron chi connectivity index (χ1n) is 7.38. The van der Waals surface area contributed by atoms with Gasteiger partial charge in [0, 0.05) is 12.8 Å². The Balaban J connectivity index is 2.90. The quantitative estimate of drug-likeness (QED) is 0.421. The van der Waals surface area contributed by atoms with E-state index in [0.29, 0.717) is 12.3 Å². The molecule has 0 N–H and O–H groups in total. The summed E-state index contributed by atoms with van der Waals surface area (Å²) < 4.78 is 10.0. The lowest BCUT2D eigenvalue weighted by molar-refractivity contribution is -0.149. The summed E-state index contributed by atoms with van der Waals surface area (Å²) in [5, 5.41) is 0. The molecule has 0 radical (unpaired) electrons. The van der Waals surface area contributed by atoms with E-state index in [0.717, 1.165) is 11.1 Å². The molecule has 1 rings (SSSR count). The fraction of sp³-hybridized carbons (Fsp3) is 0.471. The van der Waals surface area contributed by atoms with Crippen LogP contribution in [-0.4, -0.2) is 37.8 Å². The number of aliphatic imine (C=N–C) groups is 1. The molecule has 0 bridgehead atoms. The van der Waals surface area contributed by atoms with E-state index in [9.17, 15) is 9.59 Å². The summed E-state index contributed by atoms with van der Waals surface area (Å²) in [5.41, 5.74) is 2.96. The zero-order valence-corrected chi connectivity index (χ0v) is 13.6. The second-order valence-corrected chi connectivity index (χ2v) is 4.88. The van der Waals surface area contributed by atoms with E-state index in [1.54, 1.807) is 13.8 Å². The monoisotopic (exact) mass is 305 g/mol. The van der Waals surface area contributed by atoms with Crippen molar-refractivity contribution < 1.29 is 19.1 Å². The summed E-state index contributed by atoms with van der Waals surface area (Å²) in [7, 11) is 0. The van der Waals surface area contributed by atoms with Crippen LogP contribution in [0, 0.1) is 19.8 Å². The molecule has 0 saturated heterocycles. The highest BCUT2D eigenvalue weighted by Crippen LogP contribution is 2.17. The van der Waals surface area contributed by atoms with Gasteiger partial charge in [-0.1, -0.05) is 6.07 Å². The number of aryl methyl sites for hydroxylation is 2. The molecule has 1 aromatic rings. The molecule has 0 amide bonds. The van der Waals surface area contributed by atoms with Crippen molar-refractivity contribution in [3.05, 3.63) is 29.3 Å². The van der Waals surface area contributed by atoms with Gasteiger partial charge in [-0.2, -0.15) is 0 Å². The number of Topliss-reactive ketones (excluding diaryl/α,β-unsaturated/α-hetero) is 1. The second-order valence-electron chi connectivity index (χ2n) is 4.88. The maximum atomic E-state index is 12.0. The maximum absolute atomic E-state index is 12.0. The van der Waals surface area contributed by atoms with Gasteiger partial charge in [0.1, 0.15) is 6.61 Å². The number of benzene rings is 1. The molecular weight excluding hydrogens is 282 g/mol. The van der Waals surface area contributed by atoms with Gasteiger partial charge in [0.25, 0.3) is 0 Å². The molecule has 0 spiro atoms. The van der Waals surface area contributed by atoms with Crippen LogP contribution in [0.2, 0.25) is 0 Å². The summed E-state index contributed by atoms with van der Waals surface area (Å²) in [5.74, 6) is -1.99. The summed E-state index contributed by atoms with van der Waals surface area (Å²) >= 11 is 0. The van der Waals surface area contributed by atoms with Crippen molar-refractivity contribution in [2.45, 2.75) is 27.7 Å². The summed E-state index contributed by atoms with van der Waals surface area (Å²) in [6.45, 7) is 7.98. The molecule has 0 aliphatic heterocycles. The second kappa shape index (κ2) is 9.10. The fourth-order valence-corrected chi connectivity index (χ4v) is 1.77. The van der Waals surface area contributed by atoms with Crippen molar-refractivity contribution in [3.8, 4) is 0 Å². The van der Waals surface area contributed by atoms with Crippen LogP contribution in [0.4, 0.5) is 5.69 Å². The van der Waals surface area contributed by atoms with Crippen LogP contribution < -0.4 is 0 Å². The van der Waals surface area contributed by atoms with Gasteiger partial charge in [-0.15, -0.1) is 0 Å². The molecule has 5 nitrogen and oxygen atoms in total. The predicted molar refractivity (Wildman–Crippen MR) is 85.7 cm³/mol. The SMILES string of the molecule is CCOCC(=O)C(C=Nc1ccc(C)c(C)c1)C(=O)OCC. The van der Waals surface area contributed by atoms with Gasteiger partial charge >= 0.3 is 5.97 Å². The van der Waals surface area contributed by atoms with Crippen LogP contribution >= 0.6 is 0 Å². The minimum absolute atomic E-state index is 0.126. The molecule has 1 atom stereocenters. The number of hydrogen-bond acceptors (Lipinski definition) is 5. The van der Waals surface area contributed by atoms with Gasteiger partial charge in [-0.05, 0) is 51.0 Å². The molecule has 1 aromatic carbocycles.